The van der Waals surface area contributed by atoms with Crippen molar-refractivity contribution in [3.63, 3.8) is 0 Å². The summed E-state index contributed by atoms with van der Waals surface area (Å²) in [5.74, 6) is 0.647. The van der Waals surface area contributed by atoms with Crippen LogP contribution in [0.25, 0.3) is 0 Å². The van der Waals surface area contributed by atoms with Crippen LogP contribution in [0.2, 0.25) is 0 Å². The first-order chi connectivity index (χ1) is 12.9. The number of ether oxygens (including phenoxy) is 2. The Bertz CT molecular complexity index is 921. The molecule has 142 valence electrons. The summed E-state index contributed by atoms with van der Waals surface area (Å²) in [5, 5.41) is 7.25. The molecule has 0 bridgehead atoms. The fraction of sp³-hybridized carbons (Fsp3) is 0.421. The number of fused-ring (bicyclic) bond motifs is 1. The van der Waals surface area contributed by atoms with Crippen molar-refractivity contribution >= 4 is 23.2 Å². The smallest absolute Gasteiger partial charge is 0.229 e. The average molecular weight is 370 g/mol. The summed E-state index contributed by atoms with van der Waals surface area (Å²) in [6, 6.07) is 5.41. The van der Waals surface area contributed by atoms with E-state index in [-0.39, 0.29) is 18.2 Å². The number of aryl methyl sites for hydroxylation is 2. The highest BCUT2D eigenvalue weighted by Crippen LogP contribution is 2.36. The van der Waals surface area contributed by atoms with Crippen molar-refractivity contribution in [3.05, 3.63) is 29.6 Å². The molecule has 3 heterocycles. The molecule has 0 unspecified atom stereocenters. The Labute approximate surface area is 157 Å². The zero-order valence-corrected chi connectivity index (χ0v) is 15.6. The Balaban J connectivity index is 1.49. The molecule has 27 heavy (non-hydrogen) atoms. The molecule has 0 radical (unpaired) electrons. The number of hydrogen-bond acceptors (Lipinski definition) is 5. The zero-order valence-electron chi connectivity index (χ0n) is 15.6. The number of aromatic nitrogens is 2. The number of anilines is 2. The summed E-state index contributed by atoms with van der Waals surface area (Å²) in [6.45, 7) is 5.09. The standard InChI is InChI=1S/C19H22N4O4/c1-11-18(12(2)22(3)21-11)20-19(25)13-8-17(24)23(10-13)14-4-5-15-16(9-14)27-7-6-26-15/h4-5,9,13H,6-8,10H2,1-3H3,(H,20,25)/t13-/m0/s1. The lowest BCUT2D eigenvalue weighted by Crippen LogP contribution is -2.28. The quantitative estimate of drug-likeness (QED) is 0.890. The molecule has 8 heteroatoms. The number of carbonyl (C=O) groups excluding carboxylic acids is 2. The van der Waals surface area contributed by atoms with Crippen LogP contribution < -0.4 is 19.7 Å². The van der Waals surface area contributed by atoms with E-state index in [2.05, 4.69) is 10.4 Å². The Morgan fingerprint density at radius 3 is 2.67 bits per heavy atom. The minimum Gasteiger partial charge on any atom is -0.486 e. The van der Waals surface area contributed by atoms with Gasteiger partial charge in [-0.2, -0.15) is 5.10 Å². The van der Waals surface area contributed by atoms with Gasteiger partial charge in [-0.25, -0.2) is 0 Å². The van der Waals surface area contributed by atoms with Gasteiger partial charge in [0.25, 0.3) is 0 Å². The van der Waals surface area contributed by atoms with Crippen molar-refractivity contribution in [1.29, 1.82) is 0 Å². The van der Waals surface area contributed by atoms with Crippen molar-refractivity contribution in [2.75, 3.05) is 30.0 Å². The molecule has 2 aliphatic rings. The molecular formula is C19H22N4O4. The van der Waals surface area contributed by atoms with Crippen molar-refractivity contribution in [3.8, 4) is 11.5 Å². The Morgan fingerprint density at radius 1 is 1.22 bits per heavy atom. The second-order valence-corrected chi connectivity index (χ2v) is 6.89. The highest BCUT2D eigenvalue weighted by atomic mass is 16.6. The molecule has 2 aromatic rings. The van der Waals surface area contributed by atoms with Gasteiger partial charge in [-0.3, -0.25) is 14.3 Å². The number of nitrogens with one attached hydrogen (secondary N) is 1. The van der Waals surface area contributed by atoms with E-state index in [1.54, 1.807) is 21.7 Å². The first kappa shape index (κ1) is 17.4. The third-order valence-corrected chi connectivity index (χ3v) is 5.09. The van der Waals surface area contributed by atoms with Gasteiger partial charge in [-0.05, 0) is 26.0 Å². The molecular weight excluding hydrogens is 348 g/mol. The monoisotopic (exact) mass is 370 g/mol. The normalized spacial score (nSPS) is 18.7. The highest BCUT2D eigenvalue weighted by molar-refractivity contribution is 6.04. The molecule has 1 aromatic carbocycles. The summed E-state index contributed by atoms with van der Waals surface area (Å²) in [4.78, 5) is 26.8. The minimum absolute atomic E-state index is 0.0774. The molecule has 1 aromatic heterocycles. The Kier molecular flexibility index (Phi) is 4.25. The third-order valence-electron chi connectivity index (χ3n) is 5.09. The second-order valence-electron chi connectivity index (χ2n) is 6.89. The SMILES string of the molecule is Cc1nn(C)c(C)c1NC(=O)[C@H]1CC(=O)N(c2ccc3c(c2)OCCO3)C1. The van der Waals surface area contributed by atoms with Crippen molar-refractivity contribution in [2.45, 2.75) is 20.3 Å². The van der Waals surface area contributed by atoms with E-state index >= 15 is 0 Å². The van der Waals surface area contributed by atoms with E-state index in [0.717, 1.165) is 11.4 Å². The topological polar surface area (TPSA) is 85.7 Å². The average Bonchev–Trinajstić information content (AvgIpc) is 3.16. The van der Waals surface area contributed by atoms with E-state index in [1.165, 1.54) is 0 Å². The van der Waals surface area contributed by atoms with Crippen LogP contribution in [0.3, 0.4) is 0 Å². The predicted molar refractivity (Wildman–Crippen MR) is 99.2 cm³/mol. The van der Waals surface area contributed by atoms with Gasteiger partial charge in [-0.15, -0.1) is 0 Å². The van der Waals surface area contributed by atoms with Gasteiger partial charge in [-0.1, -0.05) is 0 Å². The number of benzene rings is 1. The molecule has 8 nitrogen and oxygen atoms in total. The molecule has 0 spiro atoms. The summed E-state index contributed by atoms with van der Waals surface area (Å²) >= 11 is 0. The lowest BCUT2D eigenvalue weighted by Gasteiger charge is -2.22. The largest absolute Gasteiger partial charge is 0.486 e. The summed E-state index contributed by atoms with van der Waals surface area (Å²) in [6.07, 6.45) is 0.179. The first-order valence-electron chi connectivity index (χ1n) is 8.95. The lowest BCUT2D eigenvalue weighted by atomic mass is 10.1. The Hall–Kier alpha value is -3.03. The van der Waals surface area contributed by atoms with Gasteiger partial charge in [0.1, 0.15) is 13.2 Å². The van der Waals surface area contributed by atoms with Crippen LogP contribution in [-0.2, 0) is 16.6 Å². The highest BCUT2D eigenvalue weighted by Gasteiger charge is 2.36. The van der Waals surface area contributed by atoms with Crippen LogP contribution in [0.1, 0.15) is 17.8 Å². The van der Waals surface area contributed by atoms with Crippen molar-refractivity contribution in [2.24, 2.45) is 13.0 Å². The van der Waals surface area contributed by atoms with E-state index < -0.39 is 5.92 Å². The van der Waals surface area contributed by atoms with Crippen molar-refractivity contribution in [1.82, 2.24) is 9.78 Å². The minimum atomic E-state index is -0.412. The molecule has 2 amide bonds. The molecule has 4 rings (SSSR count). The van der Waals surface area contributed by atoms with E-state index in [4.69, 9.17) is 9.47 Å². The molecule has 0 saturated carbocycles. The van der Waals surface area contributed by atoms with Gasteiger partial charge in [0, 0.05) is 31.8 Å². The maximum Gasteiger partial charge on any atom is 0.229 e. The second kappa shape index (κ2) is 6.61. The van der Waals surface area contributed by atoms with Crippen LogP contribution >= 0.6 is 0 Å². The number of rotatable bonds is 3. The maximum absolute atomic E-state index is 12.7. The molecule has 2 aliphatic heterocycles. The van der Waals surface area contributed by atoms with Crippen LogP contribution in [0.5, 0.6) is 11.5 Å². The lowest BCUT2D eigenvalue weighted by molar-refractivity contribution is -0.122. The summed E-state index contributed by atoms with van der Waals surface area (Å²) in [5.41, 5.74) is 3.08. The molecule has 1 atom stereocenters. The van der Waals surface area contributed by atoms with E-state index in [9.17, 15) is 9.59 Å². The van der Waals surface area contributed by atoms with Gasteiger partial charge in [0.05, 0.1) is 23.0 Å². The van der Waals surface area contributed by atoms with E-state index in [1.807, 2.05) is 27.0 Å². The number of hydrogen-bond donors (Lipinski definition) is 1. The molecule has 0 aliphatic carbocycles. The molecule has 1 N–H and O–H groups in total. The zero-order chi connectivity index (χ0) is 19.1. The fourth-order valence-electron chi connectivity index (χ4n) is 3.51. The van der Waals surface area contributed by atoms with Gasteiger partial charge < -0.3 is 19.7 Å². The van der Waals surface area contributed by atoms with Crippen LogP contribution in [0.4, 0.5) is 11.4 Å². The Morgan fingerprint density at radius 2 is 1.96 bits per heavy atom. The van der Waals surface area contributed by atoms with Crippen LogP contribution in [-0.4, -0.2) is 41.4 Å². The van der Waals surface area contributed by atoms with Gasteiger partial charge in [0.2, 0.25) is 11.8 Å². The molecule has 1 fully saturated rings. The summed E-state index contributed by atoms with van der Waals surface area (Å²) in [7, 11) is 1.83. The summed E-state index contributed by atoms with van der Waals surface area (Å²) < 4.78 is 12.8. The van der Waals surface area contributed by atoms with Crippen LogP contribution in [0, 0.1) is 19.8 Å². The predicted octanol–water partition coefficient (Wildman–Crippen LogP) is 1.80. The van der Waals surface area contributed by atoms with Crippen molar-refractivity contribution < 1.29 is 19.1 Å². The van der Waals surface area contributed by atoms with Crippen LogP contribution in [0.15, 0.2) is 18.2 Å². The molecule has 1 saturated heterocycles. The number of nitrogens with zero attached hydrogens (tertiary/aromatic N) is 3. The number of carbonyl (C=O) groups is 2. The van der Waals surface area contributed by atoms with Gasteiger partial charge in [0.15, 0.2) is 11.5 Å². The first-order valence-corrected chi connectivity index (χ1v) is 8.95. The number of amides is 2. The fourth-order valence-corrected chi connectivity index (χ4v) is 3.51. The van der Waals surface area contributed by atoms with E-state index in [0.29, 0.717) is 42.6 Å². The van der Waals surface area contributed by atoms with Gasteiger partial charge >= 0.3 is 0 Å². The third kappa shape index (κ3) is 3.11. The maximum atomic E-state index is 12.7.